The number of Topliss-reactive ketones (excluding diaryl/α,β-unsaturated/α-hetero) is 1. The van der Waals surface area contributed by atoms with Crippen molar-refractivity contribution in [1.29, 1.82) is 0 Å². The Hall–Kier alpha value is -1.52. The Morgan fingerprint density at radius 3 is 2.67 bits per heavy atom. The maximum atomic E-state index is 12.8. The Labute approximate surface area is 122 Å². The molecule has 0 bridgehead atoms. The van der Waals surface area contributed by atoms with Gasteiger partial charge in [0.25, 0.3) is 0 Å². The van der Waals surface area contributed by atoms with E-state index in [9.17, 15) is 18.0 Å². The van der Waals surface area contributed by atoms with E-state index in [-0.39, 0.29) is 18.6 Å². The van der Waals surface area contributed by atoms with Gasteiger partial charge in [0.15, 0.2) is 5.78 Å². The summed E-state index contributed by atoms with van der Waals surface area (Å²) >= 11 is 0. The zero-order chi connectivity index (χ0) is 15.5. The third kappa shape index (κ3) is 3.77. The Morgan fingerprint density at radius 1 is 1.29 bits per heavy atom. The van der Waals surface area contributed by atoms with Gasteiger partial charge in [0, 0.05) is 5.92 Å². The molecule has 0 amide bonds. The van der Waals surface area contributed by atoms with Gasteiger partial charge in [0.05, 0.1) is 18.1 Å². The molecule has 0 heterocycles. The van der Waals surface area contributed by atoms with Crippen LogP contribution >= 0.6 is 0 Å². The van der Waals surface area contributed by atoms with Crippen molar-refractivity contribution >= 4 is 5.78 Å². The number of ether oxygens (including phenoxy) is 1. The van der Waals surface area contributed by atoms with E-state index in [0.717, 1.165) is 0 Å². The van der Waals surface area contributed by atoms with Gasteiger partial charge in [0.2, 0.25) is 0 Å². The van der Waals surface area contributed by atoms with Crippen molar-refractivity contribution in [3.63, 3.8) is 0 Å². The van der Waals surface area contributed by atoms with E-state index in [2.05, 4.69) is 0 Å². The first kappa shape index (κ1) is 15.9. The number of benzene rings is 1. The summed E-state index contributed by atoms with van der Waals surface area (Å²) in [5.74, 6) is -1.70. The zero-order valence-corrected chi connectivity index (χ0v) is 12.0. The minimum Gasteiger partial charge on any atom is -0.493 e. The molecule has 1 saturated carbocycles. The molecule has 1 fully saturated rings. The lowest BCUT2D eigenvalue weighted by Crippen LogP contribution is -2.32. The van der Waals surface area contributed by atoms with E-state index in [1.54, 1.807) is 24.3 Å². The normalized spacial score (nSPS) is 22.9. The molecular formula is C16H19F3O2. The molecule has 0 aromatic heterocycles. The predicted molar refractivity (Wildman–Crippen MR) is 73.4 cm³/mol. The molecule has 5 heteroatoms. The molecular weight excluding hydrogens is 281 g/mol. The highest BCUT2D eigenvalue weighted by Crippen LogP contribution is 2.41. The fraction of sp³-hybridized carbons (Fsp3) is 0.562. The molecule has 2 unspecified atom stereocenters. The van der Waals surface area contributed by atoms with Crippen LogP contribution in [0.25, 0.3) is 0 Å². The lowest BCUT2D eigenvalue weighted by Gasteiger charge is -2.30. The van der Waals surface area contributed by atoms with Crippen LogP contribution in [0.1, 0.15) is 43.0 Å². The Kier molecular flexibility index (Phi) is 4.91. The van der Waals surface area contributed by atoms with Gasteiger partial charge in [-0.05, 0) is 38.3 Å². The second kappa shape index (κ2) is 6.50. The Morgan fingerprint density at radius 2 is 2.00 bits per heavy atom. The van der Waals surface area contributed by atoms with Gasteiger partial charge in [-0.1, -0.05) is 18.6 Å². The van der Waals surface area contributed by atoms with Gasteiger partial charge in [0.1, 0.15) is 5.75 Å². The summed E-state index contributed by atoms with van der Waals surface area (Å²) in [6.07, 6.45) is -3.23. The van der Waals surface area contributed by atoms with Crippen LogP contribution in [-0.4, -0.2) is 18.6 Å². The van der Waals surface area contributed by atoms with E-state index in [1.807, 2.05) is 6.92 Å². The average Bonchev–Trinajstić information content (AvgIpc) is 2.47. The molecule has 0 aliphatic heterocycles. The fourth-order valence-corrected chi connectivity index (χ4v) is 2.90. The third-order valence-corrected chi connectivity index (χ3v) is 3.96. The lowest BCUT2D eigenvalue weighted by molar-refractivity contribution is -0.184. The predicted octanol–water partition coefficient (Wildman–Crippen LogP) is 4.64. The molecule has 1 aromatic carbocycles. The summed E-state index contributed by atoms with van der Waals surface area (Å²) < 4.78 is 43.9. The number of rotatable bonds is 4. The number of alkyl halides is 3. The van der Waals surface area contributed by atoms with E-state index in [1.165, 1.54) is 0 Å². The first-order valence-corrected chi connectivity index (χ1v) is 7.26. The largest absolute Gasteiger partial charge is 0.493 e. The second-order valence-electron chi connectivity index (χ2n) is 5.40. The van der Waals surface area contributed by atoms with Crippen LogP contribution in [-0.2, 0) is 0 Å². The summed E-state index contributed by atoms with van der Waals surface area (Å²) in [4.78, 5) is 12.5. The standard InChI is InChI=1S/C16H19F3O2/c1-2-21-14-9-4-3-8-13(14)15(20)11-6-5-7-12(10-11)16(17,18)19/h3-4,8-9,11-12H,2,5-7,10H2,1H3. The first-order valence-electron chi connectivity index (χ1n) is 7.26. The summed E-state index contributed by atoms with van der Waals surface area (Å²) in [5, 5.41) is 0. The molecule has 2 nitrogen and oxygen atoms in total. The number of carbonyl (C=O) groups is 1. The molecule has 0 radical (unpaired) electrons. The number of hydrogen-bond donors (Lipinski definition) is 0. The number of halogens is 3. The minimum atomic E-state index is -4.21. The van der Waals surface area contributed by atoms with Crippen LogP contribution in [0.15, 0.2) is 24.3 Å². The number of ketones is 1. The van der Waals surface area contributed by atoms with Crippen LogP contribution < -0.4 is 4.74 Å². The van der Waals surface area contributed by atoms with Crippen LogP contribution in [0.5, 0.6) is 5.75 Å². The van der Waals surface area contributed by atoms with Gasteiger partial charge in [-0.15, -0.1) is 0 Å². The molecule has 2 atom stereocenters. The van der Waals surface area contributed by atoms with Crippen LogP contribution in [0, 0.1) is 11.8 Å². The molecule has 1 aromatic rings. The maximum Gasteiger partial charge on any atom is 0.391 e. The molecule has 0 spiro atoms. The number of carbonyl (C=O) groups excluding carboxylic acids is 1. The van der Waals surface area contributed by atoms with Gasteiger partial charge in [-0.2, -0.15) is 13.2 Å². The summed E-state index contributed by atoms with van der Waals surface area (Å²) in [6, 6.07) is 6.77. The summed E-state index contributed by atoms with van der Waals surface area (Å²) in [7, 11) is 0. The second-order valence-corrected chi connectivity index (χ2v) is 5.40. The van der Waals surface area contributed by atoms with Gasteiger partial charge < -0.3 is 4.74 Å². The topological polar surface area (TPSA) is 26.3 Å². The highest BCUT2D eigenvalue weighted by atomic mass is 19.4. The van der Waals surface area contributed by atoms with Crippen molar-refractivity contribution in [2.24, 2.45) is 11.8 Å². The number of para-hydroxylation sites is 1. The molecule has 1 aliphatic rings. The van der Waals surface area contributed by atoms with E-state index in [4.69, 9.17) is 4.74 Å². The van der Waals surface area contributed by atoms with Crippen molar-refractivity contribution in [1.82, 2.24) is 0 Å². The van der Waals surface area contributed by atoms with Gasteiger partial charge >= 0.3 is 6.18 Å². The van der Waals surface area contributed by atoms with Crippen molar-refractivity contribution in [2.75, 3.05) is 6.61 Å². The molecule has 116 valence electrons. The summed E-state index contributed by atoms with van der Waals surface area (Å²) in [5.41, 5.74) is 0.396. The Balaban J connectivity index is 2.16. The molecule has 0 saturated heterocycles. The minimum absolute atomic E-state index is 0.108. The molecule has 1 aliphatic carbocycles. The Bertz CT molecular complexity index is 497. The van der Waals surface area contributed by atoms with Crippen molar-refractivity contribution in [3.8, 4) is 5.75 Å². The van der Waals surface area contributed by atoms with Crippen molar-refractivity contribution < 1.29 is 22.7 Å². The summed E-state index contributed by atoms with van der Waals surface area (Å²) in [6.45, 7) is 2.22. The van der Waals surface area contributed by atoms with Gasteiger partial charge in [-0.3, -0.25) is 4.79 Å². The zero-order valence-electron chi connectivity index (χ0n) is 12.0. The highest BCUT2D eigenvalue weighted by molar-refractivity contribution is 6.00. The monoisotopic (exact) mass is 300 g/mol. The van der Waals surface area contributed by atoms with Crippen molar-refractivity contribution in [2.45, 2.75) is 38.8 Å². The van der Waals surface area contributed by atoms with E-state index < -0.39 is 18.0 Å². The first-order chi connectivity index (χ1) is 9.93. The quantitative estimate of drug-likeness (QED) is 0.757. The number of hydrogen-bond acceptors (Lipinski definition) is 2. The van der Waals surface area contributed by atoms with E-state index >= 15 is 0 Å². The maximum absolute atomic E-state index is 12.8. The highest BCUT2D eigenvalue weighted by Gasteiger charge is 2.43. The third-order valence-electron chi connectivity index (χ3n) is 3.96. The fourth-order valence-electron chi connectivity index (χ4n) is 2.90. The van der Waals surface area contributed by atoms with Crippen molar-refractivity contribution in [3.05, 3.63) is 29.8 Å². The van der Waals surface area contributed by atoms with Gasteiger partial charge in [-0.25, -0.2) is 0 Å². The molecule has 2 rings (SSSR count). The average molecular weight is 300 g/mol. The van der Waals surface area contributed by atoms with Crippen LogP contribution in [0.3, 0.4) is 0 Å². The van der Waals surface area contributed by atoms with E-state index in [0.29, 0.717) is 30.8 Å². The smallest absolute Gasteiger partial charge is 0.391 e. The van der Waals surface area contributed by atoms with Crippen LogP contribution in [0.4, 0.5) is 13.2 Å². The SMILES string of the molecule is CCOc1ccccc1C(=O)C1CCCC(C(F)(F)F)C1. The molecule has 0 N–H and O–H groups in total. The lowest BCUT2D eigenvalue weighted by atomic mass is 9.77. The molecule has 21 heavy (non-hydrogen) atoms. The van der Waals surface area contributed by atoms with Crippen LogP contribution in [0.2, 0.25) is 0 Å².